The molecule has 2 heteroatoms. The first-order valence-electron chi connectivity index (χ1n) is 18.8. The van der Waals surface area contributed by atoms with Crippen molar-refractivity contribution >= 4 is 65.4 Å². The fourth-order valence-electron chi connectivity index (χ4n) is 9.66. The molecule has 0 spiro atoms. The lowest BCUT2D eigenvalue weighted by Gasteiger charge is -2.42. The Bertz CT molecular complexity index is 3200. The van der Waals surface area contributed by atoms with Gasteiger partial charge in [0.05, 0.1) is 16.6 Å². The first-order valence-corrected chi connectivity index (χ1v) is 18.8. The SMILES string of the molecule is C1=CC2=C(c3cccc4c3ccc3ccc(-c5ccccc5)cc34)C=CC3=CC=C4C(c5c6ccccc6nc6c5ccc5cccnc56)=CC=C1C4C32. The van der Waals surface area contributed by atoms with Crippen molar-refractivity contribution in [3.05, 3.63) is 216 Å². The van der Waals surface area contributed by atoms with Crippen molar-refractivity contribution in [1.29, 1.82) is 0 Å². The zero-order valence-electron chi connectivity index (χ0n) is 29.4. The van der Waals surface area contributed by atoms with Gasteiger partial charge in [-0.15, -0.1) is 0 Å². The zero-order chi connectivity index (χ0) is 35.3. The molecule has 6 aromatic carbocycles. The summed E-state index contributed by atoms with van der Waals surface area (Å²) in [6.07, 6.45) is 20.8. The van der Waals surface area contributed by atoms with Gasteiger partial charge >= 0.3 is 0 Å². The van der Waals surface area contributed by atoms with Crippen LogP contribution in [0.3, 0.4) is 0 Å². The number of para-hydroxylation sites is 1. The number of rotatable bonds is 3. The molecule has 4 aliphatic carbocycles. The summed E-state index contributed by atoms with van der Waals surface area (Å²) in [5.41, 5.74) is 16.0. The van der Waals surface area contributed by atoms with Crippen LogP contribution in [0.15, 0.2) is 204 Å². The fraction of sp³-hybridized carbons (Fsp3) is 0.0385. The summed E-state index contributed by atoms with van der Waals surface area (Å²) in [5.74, 6) is 0.446. The van der Waals surface area contributed by atoms with Crippen LogP contribution in [-0.4, -0.2) is 9.97 Å². The molecule has 0 N–H and O–H groups in total. The van der Waals surface area contributed by atoms with Crippen molar-refractivity contribution in [1.82, 2.24) is 9.97 Å². The second-order valence-electron chi connectivity index (χ2n) is 14.8. The van der Waals surface area contributed by atoms with E-state index in [0.29, 0.717) is 0 Å². The molecule has 8 aromatic rings. The highest BCUT2D eigenvalue weighted by atomic mass is 14.7. The number of aromatic nitrogens is 2. The smallest absolute Gasteiger partial charge is 0.0978 e. The number of pyridine rings is 2. The van der Waals surface area contributed by atoms with Gasteiger partial charge in [-0.2, -0.15) is 0 Å². The summed E-state index contributed by atoms with van der Waals surface area (Å²) >= 11 is 0. The molecule has 2 atom stereocenters. The lowest BCUT2D eigenvalue weighted by molar-refractivity contribution is 0.569. The molecule has 0 radical (unpaired) electrons. The lowest BCUT2D eigenvalue weighted by Crippen LogP contribution is -2.30. The van der Waals surface area contributed by atoms with Crippen LogP contribution < -0.4 is 0 Å². The first-order chi connectivity index (χ1) is 26.8. The average molecular weight is 685 g/mol. The number of hydrogen-bond acceptors (Lipinski definition) is 2. The molecule has 250 valence electrons. The van der Waals surface area contributed by atoms with Gasteiger partial charge in [-0.3, -0.25) is 4.98 Å². The third-order valence-corrected chi connectivity index (χ3v) is 12.1. The highest BCUT2D eigenvalue weighted by molar-refractivity contribution is 6.16. The summed E-state index contributed by atoms with van der Waals surface area (Å²) < 4.78 is 0. The molecule has 0 fully saturated rings. The lowest BCUT2D eigenvalue weighted by atomic mass is 9.61. The van der Waals surface area contributed by atoms with Crippen molar-refractivity contribution in [2.24, 2.45) is 11.8 Å². The predicted octanol–water partition coefficient (Wildman–Crippen LogP) is 12.9. The Morgan fingerprint density at radius 3 is 2.22 bits per heavy atom. The third-order valence-electron chi connectivity index (χ3n) is 12.1. The van der Waals surface area contributed by atoms with Gasteiger partial charge in [-0.1, -0.05) is 158 Å². The summed E-state index contributed by atoms with van der Waals surface area (Å²) in [4.78, 5) is 10.0. The second kappa shape index (κ2) is 11.3. The number of benzene rings is 6. The van der Waals surface area contributed by atoms with Gasteiger partial charge in [0.15, 0.2) is 0 Å². The molecule has 2 unspecified atom stereocenters. The molecule has 0 bridgehead atoms. The maximum Gasteiger partial charge on any atom is 0.0978 e. The Balaban J connectivity index is 1.03. The normalized spacial score (nSPS) is 18.6. The van der Waals surface area contributed by atoms with Gasteiger partial charge in [0, 0.05) is 39.8 Å². The third kappa shape index (κ3) is 4.22. The minimum Gasteiger partial charge on any atom is -0.254 e. The number of fused-ring (bicyclic) bond motifs is 7. The van der Waals surface area contributed by atoms with Crippen LogP contribution in [0, 0.1) is 11.8 Å². The monoisotopic (exact) mass is 684 g/mol. The molecule has 0 amide bonds. The number of allylic oxidation sites excluding steroid dienone is 14. The van der Waals surface area contributed by atoms with Crippen molar-refractivity contribution < 1.29 is 0 Å². The van der Waals surface area contributed by atoms with Crippen molar-refractivity contribution in [3.63, 3.8) is 0 Å². The van der Waals surface area contributed by atoms with E-state index in [4.69, 9.17) is 9.97 Å². The molecule has 2 nitrogen and oxygen atoms in total. The molecular formula is C52H32N2. The van der Waals surface area contributed by atoms with Crippen molar-refractivity contribution in [3.8, 4) is 11.1 Å². The van der Waals surface area contributed by atoms with E-state index >= 15 is 0 Å². The van der Waals surface area contributed by atoms with Crippen LogP contribution in [0.25, 0.3) is 76.5 Å². The van der Waals surface area contributed by atoms with E-state index in [-0.39, 0.29) is 11.8 Å². The highest BCUT2D eigenvalue weighted by Crippen LogP contribution is 2.55. The van der Waals surface area contributed by atoms with Gasteiger partial charge in [-0.05, 0) is 89.9 Å². The Hall–Kier alpha value is -6.90. The van der Waals surface area contributed by atoms with Crippen LogP contribution in [0.2, 0.25) is 0 Å². The van der Waals surface area contributed by atoms with Crippen LogP contribution in [0.4, 0.5) is 0 Å². The summed E-state index contributed by atoms with van der Waals surface area (Å²) in [6.45, 7) is 0. The Labute approximate surface area is 312 Å². The maximum absolute atomic E-state index is 5.21. The molecule has 2 aromatic heterocycles. The molecular weight excluding hydrogens is 653 g/mol. The highest BCUT2D eigenvalue weighted by Gasteiger charge is 2.41. The Kier molecular flexibility index (Phi) is 6.20. The van der Waals surface area contributed by atoms with Gasteiger partial charge in [0.25, 0.3) is 0 Å². The van der Waals surface area contributed by atoms with E-state index in [1.807, 2.05) is 12.3 Å². The maximum atomic E-state index is 5.21. The summed E-state index contributed by atoms with van der Waals surface area (Å²) in [7, 11) is 0. The molecule has 0 saturated carbocycles. The summed E-state index contributed by atoms with van der Waals surface area (Å²) in [6, 6.07) is 46.2. The number of hydrogen-bond donors (Lipinski definition) is 0. The molecule has 2 heterocycles. The standard InChI is InChI=1S/C52H32N2/c1-2-8-31(9-3-1)36-16-15-32-17-23-39-37(12-6-13-38(39)46(32)30-36)40-24-18-33-20-26-42-43(27-21-34-19-25-41(40)48(33)49(34)42)50-44-11-4-5-14-47(44)54-52-45(50)28-22-35-10-7-29-53-51(35)52/h1-30,48-49H. The van der Waals surface area contributed by atoms with E-state index < -0.39 is 0 Å². The van der Waals surface area contributed by atoms with E-state index in [0.717, 1.165) is 27.3 Å². The van der Waals surface area contributed by atoms with Crippen molar-refractivity contribution in [2.75, 3.05) is 0 Å². The first kappa shape index (κ1) is 29.7. The predicted molar refractivity (Wildman–Crippen MR) is 226 cm³/mol. The Morgan fingerprint density at radius 1 is 0.463 bits per heavy atom. The van der Waals surface area contributed by atoms with E-state index in [1.165, 1.54) is 82.6 Å². The Morgan fingerprint density at radius 2 is 1.26 bits per heavy atom. The zero-order valence-corrected chi connectivity index (χ0v) is 29.4. The van der Waals surface area contributed by atoms with Gasteiger partial charge in [-0.25, -0.2) is 4.98 Å². The summed E-state index contributed by atoms with van der Waals surface area (Å²) in [5, 5.41) is 8.54. The van der Waals surface area contributed by atoms with Gasteiger partial charge < -0.3 is 0 Å². The van der Waals surface area contributed by atoms with Crippen LogP contribution in [0.5, 0.6) is 0 Å². The van der Waals surface area contributed by atoms with E-state index in [9.17, 15) is 0 Å². The molecule has 4 aliphatic rings. The second-order valence-corrected chi connectivity index (χ2v) is 14.8. The topological polar surface area (TPSA) is 25.8 Å². The fourth-order valence-corrected chi connectivity index (χ4v) is 9.66. The molecule has 54 heavy (non-hydrogen) atoms. The van der Waals surface area contributed by atoms with Crippen LogP contribution >= 0.6 is 0 Å². The quantitative estimate of drug-likeness (QED) is 0.137. The van der Waals surface area contributed by atoms with Crippen molar-refractivity contribution in [2.45, 2.75) is 0 Å². The van der Waals surface area contributed by atoms with Crippen LogP contribution in [-0.2, 0) is 0 Å². The van der Waals surface area contributed by atoms with E-state index in [1.54, 1.807) is 0 Å². The average Bonchev–Trinajstić information content (AvgIpc) is 3.24. The van der Waals surface area contributed by atoms with Crippen LogP contribution in [0.1, 0.15) is 11.1 Å². The minimum absolute atomic E-state index is 0.217. The van der Waals surface area contributed by atoms with Gasteiger partial charge in [0.1, 0.15) is 0 Å². The molecule has 0 aliphatic heterocycles. The number of nitrogens with zero attached hydrogens (tertiary/aromatic N) is 2. The largest absolute Gasteiger partial charge is 0.254 e. The minimum atomic E-state index is 0.217. The molecule has 12 rings (SSSR count). The molecule has 0 saturated heterocycles. The van der Waals surface area contributed by atoms with E-state index in [2.05, 4.69) is 170 Å². The van der Waals surface area contributed by atoms with Gasteiger partial charge in [0.2, 0.25) is 0 Å².